The van der Waals surface area contributed by atoms with Crippen LogP contribution in [0.2, 0.25) is 5.02 Å². The highest BCUT2D eigenvalue weighted by atomic mass is 35.5. The van der Waals surface area contributed by atoms with Gasteiger partial charge >= 0.3 is 24.3 Å². The zero-order chi connectivity index (χ0) is 77.4. The van der Waals surface area contributed by atoms with Gasteiger partial charge in [0.25, 0.3) is 0 Å². The van der Waals surface area contributed by atoms with Crippen LogP contribution in [0.1, 0.15) is 82.9 Å². The first kappa shape index (κ1) is 75.8. The molecular weight excluding hydrogens is 1470 g/mol. The van der Waals surface area contributed by atoms with Crippen LogP contribution in [-0.2, 0) is 22.4 Å². The van der Waals surface area contributed by atoms with Crippen LogP contribution in [0.4, 0.5) is 79.5 Å². The maximum Gasteiger partial charge on any atom is 0.416 e. The molecule has 6 aromatic carbocycles. The lowest BCUT2D eigenvalue weighted by atomic mass is 9.98. The molecule has 15 rings (SSSR count). The Morgan fingerprint density at radius 2 is 0.670 bits per heavy atom. The zero-order valence-electron chi connectivity index (χ0n) is 61.4. The fourth-order valence-electron chi connectivity index (χ4n) is 12.3. The van der Waals surface area contributed by atoms with Gasteiger partial charge in [-0.3, -0.25) is 29.4 Å². The molecule has 0 spiro atoms. The van der Waals surface area contributed by atoms with Crippen molar-refractivity contribution in [3.05, 3.63) is 208 Å². The minimum atomic E-state index is -4.43. The summed E-state index contributed by atoms with van der Waals surface area (Å²) in [4.78, 5) is 93.1. The number of hydrogen-bond acceptors (Lipinski definition) is 19. The second-order valence-electron chi connectivity index (χ2n) is 28.9. The highest BCUT2D eigenvalue weighted by molar-refractivity contribution is 7.16. The number of ether oxygens (including phenoxy) is 1. The SMILES string of the molecule is CC(C)(C)c1nc(-c2ccnc(N)n2)c(-c2cccc(N3CCN(c4ccc(C(F)(F)F)cc4)C3=O)c2)s1.CC(C)(C)c1nc(-c2ccnc(N)n2)c(-c2cccc(N3CCN(c4ccc(Cl)cc4)C3=O)c2)s1.COc1ccc(N2CCN(c3cccc(-c4sc(C(C)(C)C)nc4-c4ccnc(N)n4)c3)C2=O)cc1. The summed E-state index contributed by atoms with van der Waals surface area (Å²) >= 11 is 10.8. The molecule has 0 atom stereocenters. The number of carbonyl (C=O) groups is 3. The summed E-state index contributed by atoms with van der Waals surface area (Å²) in [7, 11) is 1.63. The Labute approximate surface area is 645 Å². The molecule has 12 aromatic rings. The molecule has 109 heavy (non-hydrogen) atoms. The van der Waals surface area contributed by atoms with Gasteiger partial charge in [0, 0.05) is 113 Å². The van der Waals surface area contributed by atoms with Crippen molar-refractivity contribution in [3.63, 3.8) is 0 Å². The summed E-state index contributed by atoms with van der Waals surface area (Å²) < 4.78 is 44.1. The van der Waals surface area contributed by atoms with Crippen molar-refractivity contribution in [2.24, 2.45) is 0 Å². The van der Waals surface area contributed by atoms with E-state index in [1.807, 2.05) is 126 Å². The van der Waals surface area contributed by atoms with Crippen molar-refractivity contribution in [2.75, 3.05) is 93.0 Å². The number of alkyl halides is 3. The molecule has 22 nitrogen and oxygen atoms in total. The van der Waals surface area contributed by atoms with Gasteiger partial charge in [-0.05, 0) is 144 Å². The zero-order valence-corrected chi connectivity index (χ0v) is 64.6. The molecule has 0 unspecified atom stereocenters. The van der Waals surface area contributed by atoms with E-state index in [9.17, 15) is 27.6 Å². The van der Waals surface area contributed by atoms with Crippen LogP contribution in [0.15, 0.2) is 182 Å². The first-order valence-electron chi connectivity index (χ1n) is 34.8. The average molecular weight is 1540 g/mol. The third-order valence-corrected chi connectivity index (χ3v) is 22.7. The van der Waals surface area contributed by atoms with E-state index in [0.717, 1.165) is 98.4 Å². The monoisotopic (exact) mass is 1540 g/mol. The third-order valence-electron chi connectivity index (χ3n) is 17.9. The Morgan fingerprint density at radius 3 is 0.945 bits per heavy atom. The Bertz CT molecular complexity index is 5350. The Hall–Kier alpha value is -11.5. The maximum atomic E-state index is 13.4. The molecule has 29 heteroatoms. The largest absolute Gasteiger partial charge is 0.497 e. The number of aromatic nitrogens is 9. The Kier molecular flexibility index (Phi) is 21.3. The summed E-state index contributed by atoms with van der Waals surface area (Å²) in [5.41, 5.74) is 27.8. The lowest BCUT2D eigenvalue weighted by Crippen LogP contribution is -2.31. The van der Waals surface area contributed by atoms with Gasteiger partial charge in [0.2, 0.25) is 17.8 Å². The summed E-state index contributed by atoms with van der Waals surface area (Å²) in [6, 6.07) is 48.1. The van der Waals surface area contributed by atoms with Crippen molar-refractivity contribution >= 4 is 116 Å². The van der Waals surface area contributed by atoms with E-state index in [-0.39, 0.29) is 52.2 Å². The van der Waals surface area contributed by atoms with Crippen LogP contribution in [0.3, 0.4) is 0 Å². The fourth-order valence-corrected chi connectivity index (χ4v) is 15.8. The van der Waals surface area contributed by atoms with E-state index in [4.69, 9.17) is 48.5 Å². The van der Waals surface area contributed by atoms with Crippen molar-refractivity contribution in [2.45, 2.75) is 84.7 Å². The number of nitrogen functional groups attached to an aromatic ring is 3. The van der Waals surface area contributed by atoms with Gasteiger partial charge < -0.3 is 21.9 Å². The molecule has 3 aliphatic heterocycles. The first-order chi connectivity index (χ1) is 51.9. The van der Waals surface area contributed by atoms with Crippen molar-refractivity contribution in [1.82, 2.24) is 44.9 Å². The molecule has 6 aromatic heterocycles. The molecule has 0 bridgehead atoms. The third kappa shape index (κ3) is 16.7. The number of anilines is 9. The van der Waals surface area contributed by atoms with E-state index < -0.39 is 11.7 Å². The number of nitrogens with two attached hydrogens (primary N) is 3. The minimum absolute atomic E-state index is 0.0548. The van der Waals surface area contributed by atoms with E-state index >= 15 is 0 Å². The molecule has 3 aliphatic rings. The molecule has 3 saturated heterocycles. The smallest absolute Gasteiger partial charge is 0.416 e. The molecule has 6 N–H and O–H groups in total. The number of amides is 6. The summed E-state index contributed by atoms with van der Waals surface area (Å²) in [5, 5.41) is 3.57. The normalized spacial score (nSPS) is 14.2. The lowest BCUT2D eigenvalue weighted by molar-refractivity contribution is -0.137. The number of methoxy groups -OCH3 is 1. The van der Waals surface area contributed by atoms with Crippen LogP contribution in [0.25, 0.3) is 65.5 Å². The lowest BCUT2D eigenvalue weighted by Gasteiger charge is -2.20. The van der Waals surface area contributed by atoms with Gasteiger partial charge in [0.05, 0.1) is 59.4 Å². The Balaban J connectivity index is 0.000000144. The molecule has 0 saturated carbocycles. The second-order valence-corrected chi connectivity index (χ2v) is 32.3. The quantitative estimate of drug-likeness (QED) is 0.0967. The van der Waals surface area contributed by atoms with E-state index in [2.05, 4.69) is 92.2 Å². The van der Waals surface area contributed by atoms with Gasteiger partial charge in [0.15, 0.2) is 0 Å². The number of hydrogen-bond donors (Lipinski definition) is 3. The summed E-state index contributed by atoms with van der Waals surface area (Å²) in [6.45, 7) is 22.2. The number of rotatable bonds is 13. The van der Waals surface area contributed by atoms with Gasteiger partial charge in [-0.1, -0.05) is 110 Å². The van der Waals surface area contributed by atoms with Gasteiger partial charge in [0.1, 0.15) is 22.8 Å². The van der Waals surface area contributed by atoms with Gasteiger partial charge in [-0.15, -0.1) is 34.0 Å². The number of benzene rings is 6. The molecule has 6 amide bonds. The Morgan fingerprint density at radius 1 is 0.385 bits per heavy atom. The van der Waals surface area contributed by atoms with E-state index in [0.29, 0.717) is 78.4 Å². The van der Waals surface area contributed by atoms with E-state index in [1.165, 1.54) is 17.0 Å². The molecule has 0 radical (unpaired) electrons. The van der Waals surface area contributed by atoms with E-state index in [1.54, 1.807) is 97.5 Å². The van der Waals surface area contributed by atoms with Crippen molar-refractivity contribution < 1.29 is 32.3 Å². The van der Waals surface area contributed by atoms with Crippen LogP contribution < -0.4 is 51.3 Å². The molecule has 3 fully saturated rings. The van der Waals surface area contributed by atoms with Gasteiger partial charge in [-0.25, -0.2) is 59.2 Å². The topological polar surface area (TPSA) is 274 Å². The maximum absolute atomic E-state index is 13.4. The van der Waals surface area contributed by atoms with Gasteiger partial charge in [-0.2, -0.15) is 13.2 Å². The number of carbonyl (C=O) groups excluding carboxylic acids is 3. The number of thiazole rings is 3. The summed E-state index contributed by atoms with van der Waals surface area (Å²) in [5.74, 6) is 1.32. The fraction of sp³-hybridized carbons (Fsp3) is 0.250. The minimum Gasteiger partial charge on any atom is -0.497 e. The van der Waals surface area contributed by atoms with Crippen LogP contribution in [0.5, 0.6) is 5.75 Å². The van der Waals surface area contributed by atoms with Crippen molar-refractivity contribution in [3.8, 4) is 71.2 Å². The number of nitrogens with zero attached hydrogens (tertiary/aromatic N) is 15. The highest BCUT2D eigenvalue weighted by Gasteiger charge is 2.37. The number of halogens is 4. The molecule has 558 valence electrons. The average Bonchev–Trinajstić information content (AvgIpc) is 1.65. The molecule has 9 heterocycles. The van der Waals surface area contributed by atoms with Crippen LogP contribution in [-0.4, -0.2) is 109 Å². The van der Waals surface area contributed by atoms with Crippen molar-refractivity contribution in [1.29, 1.82) is 0 Å². The predicted molar refractivity (Wildman–Crippen MR) is 431 cm³/mol. The number of urea groups is 3. The summed E-state index contributed by atoms with van der Waals surface area (Å²) in [6.07, 6.45) is 0.444. The second kappa shape index (κ2) is 30.7. The van der Waals surface area contributed by atoms with Crippen LogP contribution >= 0.6 is 45.6 Å². The van der Waals surface area contributed by atoms with Crippen LogP contribution in [0, 0.1) is 0 Å². The first-order valence-corrected chi connectivity index (χ1v) is 37.7. The molecule has 0 aliphatic carbocycles. The highest BCUT2D eigenvalue weighted by Crippen LogP contribution is 2.46. The predicted octanol–water partition coefficient (Wildman–Crippen LogP) is 18.5. The standard InChI is InChI=1S/C27H25F3N6OS.C27H28N6O2S.C26H25ClN6OS/c1-26(2,3)23-34-21(20-11-12-32-24(31)33-20)22(38-23)16-5-4-6-19(15-16)36-14-13-35(25(36)37)18-9-7-17(8-10-18)27(28,29)30;1-27(2,3)24-31-22(21-12-13-29-25(28)30-21)23(36-24)17-6-5-7-19(16-17)33-15-14-32(26(33)34)18-8-10-20(35-4)11-9-18;1-26(2,3)23-31-21(20-11-12-29-24(28)30-20)22(35-23)16-5-4-6-19(15-16)33-14-13-32(25(33)34)18-9-7-17(27)8-10-18/h4-12,15H,13-14H2,1-3H3,(H2,31,32,33);5-13,16H,14-15H2,1-4H3,(H2,28,29,30);4-12,15H,13-14H2,1-3H3,(H2,28,29,30). The molecular formula is C80H78ClF3N18O4S3.